The second-order valence-electron chi connectivity index (χ2n) is 10.5. The maximum atomic E-state index is 14.2. The number of rotatable bonds is 5. The van der Waals surface area contributed by atoms with E-state index in [0.29, 0.717) is 16.9 Å². The van der Waals surface area contributed by atoms with Crippen LogP contribution < -0.4 is 4.74 Å². The zero-order valence-electron chi connectivity index (χ0n) is 23.7. The van der Waals surface area contributed by atoms with Crippen LogP contribution in [-0.2, 0) is 4.74 Å². The molecule has 206 valence electrons. The Morgan fingerprint density at radius 3 is 1.95 bits per heavy atom. The van der Waals surface area contributed by atoms with Crippen molar-refractivity contribution in [1.29, 1.82) is 0 Å². The zero-order chi connectivity index (χ0) is 29.1. The first-order valence-corrected chi connectivity index (χ1v) is 13.0. The summed E-state index contributed by atoms with van der Waals surface area (Å²) in [6, 6.07) is 17.5. The number of nitrogens with zero attached hydrogens (tertiary/aromatic N) is 2. The van der Waals surface area contributed by atoms with E-state index in [1.54, 1.807) is 70.2 Å². The van der Waals surface area contributed by atoms with E-state index in [4.69, 9.17) is 21.1 Å². The SMILES string of the molecule is COc1cccc(C(=O)N(C(=O)c2cc(C)cc(C)c2)N(C(=O)OC(Cl)c2ccc(C)cc2)C(C)(C)C)c1C. The van der Waals surface area contributed by atoms with Gasteiger partial charge in [0.15, 0.2) is 0 Å². The Balaban J connectivity index is 2.15. The van der Waals surface area contributed by atoms with Gasteiger partial charge in [0.2, 0.25) is 5.56 Å². The molecule has 39 heavy (non-hydrogen) atoms. The number of carbonyl (C=O) groups excluding carboxylic acids is 3. The highest BCUT2D eigenvalue weighted by Crippen LogP contribution is 2.30. The number of benzene rings is 3. The van der Waals surface area contributed by atoms with Gasteiger partial charge in [0, 0.05) is 22.3 Å². The first-order valence-electron chi connectivity index (χ1n) is 12.6. The van der Waals surface area contributed by atoms with Crippen molar-refractivity contribution in [3.05, 3.63) is 99.6 Å². The molecular formula is C31H35ClN2O5. The van der Waals surface area contributed by atoms with Crippen LogP contribution in [0, 0.1) is 27.7 Å². The minimum absolute atomic E-state index is 0.204. The van der Waals surface area contributed by atoms with Gasteiger partial charge in [0.05, 0.1) is 12.6 Å². The van der Waals surface area contributed by atoms with Gasteiger partial charge >= 0.3 is 6.09 Å². The summed E-state index contributed by atoms with van der Waals surface area (Å²) in [7, 11) is 1.50. The first kappa shape index (κ1) is 29.7. The molecule has 0 N–H and O–H groups in total. The largest absolute Gasteiger partial charge is 0.496 e. The standard InChI is InChI=1S/C31H35ClN2O5/c1-19-12-14-23(15-13-19)27(32)39-30(37)34(31(5,6)7)33(28(35)24-17-20(2)16-21(3)18-24)29(36)25-10-9-11-26(38-8)22(25)4/h9-18,27H,1-8H3. The van der Waals surface area contributed by atoms with Gasteiger partial charge in [-0.25, -0.2) is 9.80 Å². The summed E-state index contributed by atoms with van der Waals surface area (Å²) >= 11 is 6.48. The molecule has 3 rings (SSSR count). The highest BCUT2D eigenvalue weighted by atomic mass is 35.5. The Morgan fingerprint density at radius 2 is 1.41 bits per heavy atom. The molecule has 3 aromatic rings. The number of hydrazine groups is 1. The molecule has 1 atom stereocenters. The molecular weight excluding hydrogens is 516 g/mol. The van der Waals surface area contributed by atoms with Gasteiger partial charge in [0.25, 0.3) is 11.8 Å². The molecule has 0 radical (unpaired) electrons. The van der Waals surface area contributed by atoms with Crippen LogP contribution in [0.4, 0.5) is 4.79 Å². The van der Waals surface area contributed by atoms with E-state index in [2.05, 4.69) is 0 Å². The molecule has 3 aromatic carbocycles. The van der Waals surface area contributed by atoms with Gasteiger partial charge in [-0.15, -0.1) is 0 Å². The van der Waals surface area contributed by atoms with E-state index >= 15 is 0 Å². The van der Waals surface area contributed by atoms with E-state index in [-0.39, 0.29) is 11.1 Å². The van der Waals surface area contributed by atoms with Gasteiger partial charge in [-0.3, -0.25) is 9.59 Å². The van der Waals surface area contributed by atoms with Crippen molar-refractivity contribution in [3.8, 4) is 5.75 Å². The lowest BCUT2D eigenvalue weighted by Gasteiger charge is -2.41. The molecule has 0 saturated heterocycles. The van der Waals surface area contributed by atoms with Gasteiger partial charge in [-0.05, 0) is 72.7 Å². The number of hydrogen-bond acceptors (Lipinski definition) is 5. The number of amides is 3. The second kappa shape index (κ2) is 11.9. The van der Waals surface area contributed by atoms with E-state index in [0.717, 1.165) is 26.7 Å². The fourth-order valence-corrected chi connectivity index (χ4v) is 4.48. The average molecular weight is 551 g/mol. The third kappa shape index (κ3) is 6.79. The Labute approximate surface area is 235 Å². The molecule has 1 unspecified atom stereocenters. The molecule has 8 heteroatoms. The van der Waals surface area contributed by atoms with Crippen molar-refractivity contribution in [2.45, 2.75) is 59.6 Å². The zero-order valence-corrected chi connectivity index (χ0v) is 24.4. The van der Waals surface area contributed by atoms with Crippen LogP contribution >= 0.6 is 11.6 Å². The molecule has 3 amide bonds. The molecule has 0 heterocycles. The minimum Gasteiger partial charge on any atom is -0.496 e. The third-order valence-electron chi connectivity index (χ3n) is 6.14. The second-order valence-corrected chi connectivity index (χ2v) is 10.9. The van der Waals surface area contributed by atoms with Crippen molar-refractivity contribution < 1.29 is 23.9 Å². The topological polar surface area (TPSA) is 76.2 Å². The normalized spacial score (nSPS) is 11.9. The highest BCUT2D eigenvalue weighted by Gasteiger charge is 2.42. The van der Waals surface area contributed by atoms with Crippen LogP contribution in [-0.4, -0.2) is 40.6 Å². The van der Waals surface area contributed by atoms with Crippen LogP contribution in [0.15, 0.2) is 60.7 Å². The minimum atomic E-state index is -1.14. The van der Waals surface area contributed by atoms with Gasteiger partial charge in [-0.1, -0.05) is 64.7 Å². The highest BCUT2D eigenvalue weighted by molar-refractivity contribution is 6.20. The summed E-state index contributed by atoms with van der Waals surface area (Å²) in [5, 5.41) is 1.87. The van der Waals surface area contributed by atoms with E-state index in [9.17, 15) is 14.4 Å². The van der Waals surface area contributed by atoms with E-state index in [1.165, 1.54) is 7.11 Å². The Bertz CT molecular complexity index is 1360. The van der Waals surface area contributed by atoms with Crippen LogP contribution in [0.2, 0.25) is 0 Å². The molecule has 0 aromatic heterocycles. The van der Waals surface area contributed by atoms with Crippen LogP contribution in [0.5, 0.6) is 5.75 Å². The fourth-order valence-electron chi connectivity index (χ4n) is 4.26. The molecule has 0 fully saturated rings. The third-order valence-corrected chi connectivity index (χ3v) is 6.48. The van der Waals surface area contributed by atoms with Crippen molar-refractivity contribution in [2.75, 3.05) is 7.11 Å². The Hall–Kier alpha value is -3.84. The van der Waals surface area contributed by atoms with Crippen molar-refractivity contribution in [3.63, 3.8) is 0 Å². The van der Waals surface area contributed by atoms with Gasteiger partial charge in [0.1, 0.15) is 5.75 Å². The molecule has 0 saturated carbocycles. The number of alkyl halides is 1. The van der Waals surface area contributed by atoms with Crippen LogP contribution in [0.1, 0.15) is 74.9 Å². The molecule has 0 aliphatic carbocycles. The lowest BCUT2D eigenvalue weighted by molar-refractivity contribution is -0.0453. The molecule has 0 bridgehead atoms. The monoisotopic (exact) mass is 550 g/mol. The smallest absolute Gasteiger partial charge is 0.431 e. The van der Waals surface area contributed by atoms with Crippen LogP contribution in [0.3, 0.4) is 0 Å². The number of carbonyl (C=O) groups is 3. The molecule has 0 aliphatic heterocycles. The number of halogens is 1. The lowest BCUT2D eigenvalue weighted by atomic mass is 10.0. The van der Waals surface area contributed by atoms with E-state index in [1.807, 2.05) is 39.0 Å². The number of hydrogen-bond donors (Lipinski definition) is 0. The number of aryl methyl sites for hydroxylation is 3. The van der Waals surface area contributed by atoms with Crippen molar-refractivity contribution in [2.24, 2.45) is 0 Å². The summed E-state index contributed by atoms with van der Waals surface area (Å²) in [6.45, 7) is 12.5. The number of methoxy groups -OCH3 is 1. The summed E-state index contributed by atoms with van der Waals surface area (Å²) in [5.74, 6) is -0.907. The summed E-state index contributed by atoms with van der Waals surface area (Å²) in [4.78, 5) is 42.0. The molecule has 0 spiro atoms. The molecule has 0 aliphatic rings. The fraction of sp³-hybridized carbons (Fsp3) is 0.323. The predicted molar refractivity (Wildman–Crippen MR) is 152 cm³/mol. The lowest BCUT2D eigenvalue weighted by Crippen LogP contribution is -2.60. The summed E-state index contributed by atoms with van der Waals surface area (Å²) < 4.78 is 11.0. The summed E-state index contributed by atoms with van der Waals surface area (Å²) in [5.41, 5.74) is 2.05. The maximum Gasteiger partial charge on any atom is 0.431 e. The van der Waals surface area contributed by atoms with Crippen molar-refractivity contribution in [1.82, 2.24) is 10.0 Å². The van der Waals surface area contributed by atoms with E-state index < -0.39 is 29.0 Å². The quantitative estimate of drug-likeness (QED) is 0.189. The Morgan fingerprint density at radius 1 is 0.821 bits per heavy atom. The maximum absolute atomic E-state index is 14.2. The van der Waals surface area contributed by atoms with Gasteiger partial charge in [-0.2, -0.15) is 5.01 Å². The van der Waals surface area contributed by atoms with Crippen LogP contribution in [0.25, 0.3) is 0 Å². The summed E-state index contributed by atoms with van der Waals surface area (Å²) in [6.07, 6.45) is -0.949. The predicted octanol–water partition coefficient (Wildman–Crippen LogP) is 7.30. The number of ether oxygens (including phenoxy) is 2. The number of imide groups is 1. The molecule has 7 nitrogen and oxygen atoms in total. The average Bonchev–Trinajstić information content (AvgIpc) is 2.85. The Kier molecular flexibility index (Phi) is 9.07. The van der Waals surface area contributed by atoms with Crippen molar-refractivity contribution >= 4 is 29.5 Å². The first-order chi connectivity index (χ1) is 18.2. The van der Waals surface area contributed by atoms with Gasteiger partial charge < -0.3 is 9.47 Å².